The summed E-state index contributed by atoms with van der Waals surface area (Å²) in [5.74, 6) is 1.32. The van der Waals surface area contributed by atoms with Gasteiger partial charge in [0, 0.05) is 40.8 Å². The molecule has 0 radical (unpaired) electrons. The van der Waals surface area contributed by atoms with Crippen molar-refractivity contribution in [1.29, 1.82) is 0 Å². The summed E-state index contributed by atoms with van der Waals surface area (Å²) in [7, 11) is 3.20. The Morgan fingerprint density at radius 2 is 1.96 bits per heavy atom. The summed E-state index contributed by atoms with van der Waals surface area (Å²) in [6.07, 6.45) is 3.15. The number of nitrogens with zero attached hydrogens (tertiary/aromatic N) is 3. The minimum atomic E-state index is -3.33. The summed E-state index contributed by atoms with van der Waals surface area (Å²) in [5, 5.41) is 0. The lowest BCUT2D eigenvalue weighted by molar-refractivity contribution is 0.162. The predicted molar refractivity (Wildman–Crippen MR) is 101 cm³/mol. The molecule has 0 N–H and O–H groups in total. The van der Waals surface area contributed by atoms with Crippen LogP contribution in [0, 0.1) is 5.92 Å². The number of hydrogen-bond donors (Lipinski definition) is 0. The van der Waals surface area contributed by atoms with Crippen LogP contribution in [0.25, 0.3) is 0 Å². The van der Waals surface area contributed by atoms with Crippen LogP contribution >= 0.6 is 0 Å². The molecular weight excluding hydrogens is 338 g/mol. The minimum absolute atomic E-state index is 0.381. The molecule has 0 unspecified atom stereocenters. The number of piperidine rings is 1. The molecule has 1 aromatic rings. The predicted octanol–water partition coefficient (Wildman–Crippen LogP) is 1.69. The van der Waals surface area contributed by atoms with Crippen molar-refractivity contribution >= 4 is 10.2 Å². The largest absolute Gasteiger partial charge is 0.496 e. The average Bonchev–Trinajstić information content (AvgIpc) is 2.60. The van der Waals surface area contributed by atoms with E-state index in [1.807, 2.05) is 18.2 Å². The van der Waals surface area contributed by atoms with E-state index in [9.17, 15) is 8.42 Å². The Kier molecular flexibility index (Phi) is 7.25. The SMILES string of the molecule is COc1ccccc1CCN1CCC[C@@H](CN(C)S(=O)(=O)N(C)C)C1. The molecule has 1 aliphatic rings. The Morgan fingerprint density at radius 3 is 2.64 bits per heavy atom. The van der Waals surface area contributed by atoms with E-state index in [-0.39, 0.29) is 0 Å². The topological polar surface area (TPSA) is 53.1 Å². The molecule has 1 aliphatic heterocycles. The number of likely N-dealkylation sites (tertiary alicyclic amines) is 1. The molecule has 0 spiro atoms. The molecular formula is C18H31N3O3S. The molecule has 6 nitrogen and oxygen atoms in total. The van der Waals surface area contributed by atoms with Gasteiger partial charge in [-0.25, -0.2) is 0 Å². The quantitative estimate of drug-likeness (QED) is 0.700. The Morgan fingerprint density at radius 1 is 1.24 bits per heavy atom. The van der Waals surface area contributed by atoms with Crippen LogP contribution in [-0.2, 0) is 16.6 Å². The number of para-hydroxylation sites is 1. The van der Waals surface area contributed by atoms with Gasteiger partial charge in [0.15, 0.2) is 0 Å². The second-order valence-corrected chi connectivity index (χ2v) is 9.19. The van der Waals surface area contributed by atoms with Crippen LogP contribution in [0.5, 0.6) is 5.75 Å². The molecule has 1 saturated heterocycles. The monoisotopic (exact) mass is 369 g/mol. The van der Waals surface area contributed by atoms with E-state index in [0.717, 1.165) is 44.6 Å². The summed E-state index contributed by atoms with van der Waals surface area (Å²) in [6.45, 7) is 3.57. The van der Waals surface area contributed by atoms with E-state index in [2.05, 4.69) is 11.0 Å². The Hall–Kier alpha value is -1.15. The molecule has 0 aromatic heterocycles. The lowest BCUT2D eigenvalue weighted by Gasteiger charge is -2.35. The zero-order valence-corrected chi connectivity index (χ0v) is 16.6. The molecule has 0 saturated carbocycles. The molecule has 1 aromatic carbocycles. The molecule has 7 heteroatoms. The van der Waals surface area contributed by atoms with Crippen molar-refractivity contribution in [3.8, 4) is 5.75 Å². The Balaban J connectivity index is 1.88. The van der Waals surface area contributed by atoms with E-state index >= 15 is 0 Å². The molecule has 2 rings (SSSR count). The second kappa shape index (κ2) is 8.98. The third-order valence-electron chi connectivity index (χ3n) is 4.86. The van der Waals surface area contributed by atoms with Crippen LogP contribution in [0.1, 0.15) is 18.4 Å². The highest BCUT2D eigenvalue weighted by Gasteiger charge is 2.26. The lowest BCUT2D eigenvalue weighted by atomic mass is 9.97. The number of hydrogen-bond acceptors (Lipinski definition) is 4. The fourth-order valence-corrected chi connectivity index (χ4v) is 4.38. The van der Waals surface area contributed by atoms with Crippen molar-refractivity contribution in [2.45, 2.75) is 19.3 Å². The molecule has 0 amide bonds. The van der Waals surface area contributed by atoms with E-state index in [1.165, 1.54) is 14.2 Å². The van der Waals surface area contributed by atoms with Crippen molar-refractivity contribution < 1.29 is 13.2 Å². The first-order valence-electron chi connectivity index (χ1n) is 8.82. The fraction of sp³-hybridized carbons (Fsp3) is 0.667. The first kappa shape index (κ1) is 20.2. The molecule has 0 aliphatic carbocycles. The highest BCUT2D eigenvalue weighted by Crippen LogP contribution is 2.21. The van der Waals surface area contributed by atoms with E-state index in [0.29, 0.717) is 12.5 Å². The molecule has 25 heavy (non-hydrogen) atoms. The van der Waals surface area contributed by atoms with Crippen molar-refractivity contribution in [3.63, 3.8) is 0 Å². The summed E-state index contributed by atoms with van der Waals surface area (Å²) in [4.78, 5) is 2.44. The smallest absolute Gasteiger partial charge is 0.281 e. The third-order valence-corrected chi connectivity index (χ3v) is 6.72. The van der Waals surface area contributed by atoms with Crippen LogP contribution < -0.4 is 4.74 Å². The van der Waals surface area contributed by atoms with Crippen LogP contribution in [-0.4, -0.2) is 76.4 Å². The van der Waals surface area contributed by atoms with Gasteiger partial charge >= 0.3 is 0 Å². The van der Waals surface area contributed by atoms with E-state index in [1.54, 1.807) is 28.3 Å². The van der Waals surface area contributed by atoms with Gasteiger partial charge in [-0.15, -0.1) is 0 Å². The first-order valence-corrected chi connectivity index (χ1v) is 10.2. The Bertz CT molecular complexity index is 649. The average molecular weight is 370 g/mol. The van der Waals surface area contributed by atoms with Crippen molar-refractivity contribution in [2.75, 3.05) is 54.4 Å². The lowest BCUT2D eigenvalue weighted by Crippen LogP contribution is -2.44. The van der Waals surface area contributed by atoms with Crippen molar-refractivity contribution in [2.24, 2.45) is 5.92 Å². The van der Waals surface area contributed by atoms with Gasteiger partial charge in [-0.1, -0.05) is 18.2 Å². The van der Waals surface area contributed by atoms with Gasteiger partial charge in [0.05, 0.1) is 7.11 Å². The van der Waals surface area contributed by atoms with Gasteiger partial charge in [-0.3, -0.25) is 0 Å². The molecule has 142 valence electrons. The van der Waals surface area contributed by atoms with Gasteiger partial charge in [0.1, 0.15) is 5.75 Å². The standard InChI is InChI=1S/C18H31N3O3S/c1-19(2)25(22,23)20(3)14-16-8-7-12-21(15-16)13-11-17-9-5-6-10-18(17)24-4/h5-6,9-10,16H,7-8,11-15H2,1-4H3/t16-/m0/s1. The van der Waals surface area contributed by atoms with Crippen molar-refractivity contribution in [3.05, 3.63) is 29.8 Å². The highest BCUT2D eigenvalue weighted by atomic mass is 32.2. The summed E-state index contributed by atoms with van der Waals surface area (Å²) >= 11 is 0. The summed E-state index contributed by atoms with van der Waals surface area (Å²) < 4.78 is 32.6. The van der Waals surface area contributed by atoms with Crippen LogP contribution in [0.4, 0.5) is 0 Å². The maximum atomic E-state index is 12.2. The van der Waals surface area contributed by atoms with Crippen LogP contribution in [0.15, 0.2) is 24.3 Å². The first-order chi connectivity index (χ1) is 11.8. The maximum Gasteiger partial charge on any atom is 0.281 e. The molecule has 1 heterocycles. The zero-order valence-electron chi connectivity index (χ0n) is 15.8. The number of methoxy groups -OCH3 is 1. The fourth-order valence-electron chi connectivity index (χ4n) is 3.43. The highest BCUT2D eigenvalue weighted by molar-refractivity contribution is 7.86. The normalized spacial score (nSPS) is 19.5. The number of benzene rings is 1. The number of ether oxygens (including phenoxy) is 1. The molecule has 1 atom stereocenters. The minimum Gasteiger partial charge on any atom is -0.496 e. The summed E-state index contributed by atoms with van der Waals surface area (Å²) in [6, 6.07) is 8.13. The number of rotatable bonds is 8. The summed E-state index contributed by atoms with van der Waals surface area (Å²) in [5.41, 5.74) is 1.22. The van der Waals surface area contributed by atoms with Gasteiger partial charge in [0.25, 0.3) is 10.2 Å². The van der Waals surface area contributed by atoms with Crippen LogP contribution in [0.2, 0.25) is 0 Å². The van der Waals surface area contributed by atoms with Gasteiger partial charge < -0.3 is 9.64 Å². The van der Waals surface area contributed by atoms with Gasteiger partial charge in [-0.2, -0.15) is 17.0 Å². The van der Waals surface area contributed by atoms with Gasteiger partial charge in [0.2, 0.25) is 0 Å². The van der Waals surface area contributed by atoms with Crippen molar-refractivity contribution in [1.82, 2.24) is 13.5 Å². The zero-order chi connectivity index (χ0) is 18.4. The maximum absolute atomic E-state index is 12.2. The van der Waals surface area contributed by atoms with Gasteiger partial charge in [-0.05, 0) is 43.4 Å². The molecule has 0 bridgehead atoms. The molecule has 1 fully saturated rings. The van der Waals surface area contributed by atoms with Crippen LogP contribution in [0.3, 0.4) is 0 Å². The second-order valence-electron chi connectivity index (χ2n) is 6.94. The Labute approximate surface area is 152 Å². The van der Waals surface area contributed by atoms with E-state index < -0.39 is 10.2 Å². The third kappa shape index (κ3) is 5.41. The van der Waals surface area contributed by atoms with E-state index in [4.69, 9.17) is 4.74 Å².